The lowest BCUT2D eigenvalue weighted by Gasteiger charge is -2.14. The summed E-state index contributed by atoms with van der Waals surface area (Å²) in [6.07, 6.45) is 13.6. The van der Waals surface area contributed by atoms with Gasteiger partial charge in [-0.1, -0.05) is 18.2 Å². The van der Waals surface area contributed by atoms with Crippen LogP contribution in [0.3, 0.4) is 0 Å². The number of ether oxygens (including phenoxy) is 2. The summed E-state index contributed by atoms with van der Waals surface area (Å²) in [5.41, 5.74) is 2.80. The zero-order chi connectivity index (χ0) is 18.5. The van der Waals surface area contributed by atoms with Crippen LogP contribution >= 0.6 is 0 Å². The van der Waals surface area contributed by atoms with Crippen LogP contribution in [0.5, 0.6) is 11.5 Å². The van der Waals surface area contributed by atoms with Gasteiger partial charge in [0.05, 0.1) is 24.5 Å². The zero-order valence-corrected chi connectivity index (χ0v) is 15.1. The largest absolute Gasteiger partial charge is 0.493 e. The summed E-state index contributed by atoms with van der Waals surface area (Å²) in [6.45, 7) is 0.504. The topological polar surface area (TPSA) is 69.2 Å². The predicted molar refractivity (Wildman–Crippen MR) is 106 cm³/mol. The molecule has 1 N–H and O–H groups in total. The number of nitrogens with zero attached hydrogens (tertiary/aromatic N) is 3. The molecule has 3 aromatic rings. The van der Waals surface area contributed by atoms with E-state index in [2.05, 4.69) is 38.5 Å². The first-order chi connectivity index (χ1) is 13.3. The minimum absolute atomic E-state index is 0.504. The molecular formula is C21H20N4O2. The number of aromatic nitrogens is 3. The minimum atomic E-state index is 0.504. The van der Waals surface area contributed by atoms with Crippen LogP contribution in [0.1, 0.15) is 12.8 Å². The Morgan fingerprint density at radius 2 is 2.11 bits per heavy atom. The maximum atomic E-state index is 6.00. The lowest BCUT2D eigenvalue weighted by atomic mass is 10.1. The molecule has 4 rings (SSSR count). The number of methoxy groups -OCH3 is 1. The van der Waals surface area contributed by atoms with E-state index >= 15 is 0 Å². The van der Waals surface area contributed by atoms with E-state index in [4.69, 9.17) is 9.47 Å². The van der Waals surface area contributed by atoms with E-state index in [1.54, 1.807) is 19.5 Å². The fourth-order valence-electron chi connectivity index (χ4n) is 2.95. The molecule has 0 bridgehead atoms. The van der Waals surface area contributed by atoms with E-state index in [1.807, 2.05) is 24.3 Å². The Morgan fingerprint density at radius 1 is 1.15 bits per heavy atom. The molecule has 2 heterocycles. The maximum Gasteiger partial charge on any atom is 0.163 e. The van der Waals surface area contributed by atoms with Crippen LogP contribution in [0.2, 0.25) is 0 Å². The molecule has 0 atom stereocenters. The molecule has 0 amide bonds. The van der Waals surface area contributed by atoms with Crippen molar-refractivity contribution < 1.29 is 9.47 Å². The number of hydrogen-bond donors (Lipinski definition) is 1. The van der Waals surface area contributed by atoms with Gasteiger partial charge >= 0.3 is 0 Å². The smallest absolute Gasteiger partial charge is 0.163 e. The summed E-state index contributed by atoms with van der Waals surface area (Å²) in [5, 5.41) is 4.12. The monoisotopic (exact) mass is 360 g/mol. The third-order valence-electron chi connectivity index (χ3n) is 4.31. The molecule has 0 spiro atoms. The third-order valence-corrected chi connectivity index (χ3v) is 4.31. The van der Waals surface area contributed by atoms with Crippen LogP contribution in [0.15, 0.2) is 66.8 Å². The molecule has 27 heavy (non-hydrogen) atoms. The Kier molecular flexibility index (Phi) is 4.96. The molecule has 2 aromatic heterocycles. The van der Waals surface area contributed by atoms with Crippen LogP contribution < -0.4 is 14.8 Å². The molecule has 0 unspecified atom stereocenters. The number of pyridine rings is 1. The van der Waals surface area contributed by atoms with E-state index < -0.39 is 0 Å². The molecule has 136 valence electrons. The Balaban J connectivity index is 1.64. The molecule has 1 aromatic carbocycles. The summed E-state index contributed by atoms with van der Waals surface area (Å²) in [4.78, 5) is 12.9. The maximum absolute atomic E-state index is 6.00. The Bertz CT molecular complexity index is 1000. The third kappa shape index (κ3) is 3.89. The number of allylic oxidation sites excluding steroid dienone is 2. The van der Waals surface area contributed by atoms with Gasteiger partial charge in [-0.3, -0.25) is 4.98 Å². The van der Waals surface area contributed by atoms with Gasteiger partial charge in [0.2, 0.25) is 0 Å². The number of hydrogen-bond acceptors (Lipinski definition) is 6. The minimum Gasteiger partial charge on any atom is -0.493 e. The summed E-state index contributed by atoms with van der Waals surface area (Å²) in [7, 11) is 1.63. The van der Waals surface area contributed by atoms with Crippen molar-refractivity contribution in [3.8, 4) is 11.5 Å². The first-order valence-electron chi connectivity index (χ1n) is 8.81. The molecule has 1 aliphatic carbocycles. The van der Waals surface area contributed by atoms with Crippen molar-refractivity contribution in [2.24, 2.45) is 0 Å². The Morgan fingerprint density at radius 3 is 2.89 bits per heavy atom. The first kappa shape index (κ1) is 17.0. The normalized spacial score (nSPS) is 13.3. The molecule has 1 aliphatic rings. The van der Waals surface area contributed by atoms with Gasteiger partial charge in [-0.25, -0.2) is 9.97 Å². The second-order valence-electron chi connectivity index (χ2n) is 6.16. The number of rotatable bonds is 6. The number of nitrogens with one attached hydrogen (secondary N) is 1. The molecular weight excluding hydrogens is 340 g/mol. The molecule has 0 aliphatic heterocycles. The van der Waals surface area contributed by atoms with Crippen molar-refractivity contribution in [3.63, 3.8) is 0 Å². The Labute approximate surface area is 157 Å². The second-order valence-corrected chi connectivity index (χ2v) is 6.16. The van der Waals surface area contributed by atoms with E-state index in [1.165, 1.54) is 11.9 Å². The SMILES string of the molecule is COc1cc2c(Nc3cccnc3)ncnc2cc1OCC1=CCCC=C1. The summed E-state index contributed by atoms with van der Waals surface area (Å²) in [5.74, 6) is 2.00. The second kappa shape index (κ2) is 7.86. The van der Waals surface area contributed by atoms with Gasteiger partial charge in [-0.15, -0.1) is 0 Å². The van der Waals surface area contributed by atoms with Crippen molar-refractivity contribution in [1.29, 1.82) is 0 Å². The number of fused-ring (bicyclic) bond motifs is 1. The van der Waals surface area contributed by atoms with Crippen molar-refractivity contribution in [2.45, 2.75) is 12.8 Å². The summed E-state index contributed by atoms with van der Waals surface area (Å²) in [6, 6.07) is 7.58. The summed E-state index contributed by atoms with van der Waals surface area (Å²) < 4.78 is 11.5. The van der Waals surface area contributed by atoms with Gasteiger partial charge < -0.3 is 14.8 Å². The van der Waals surface area contributed by atoms with Gasteiger partial charge in [0.25, 0.3) is 0 Å². The summed E-state index contributed by atoms with van der Waals surface area (Å²) >= 11 is 0. The van der Waals surface area contributed by atoms with Crippen LogP contribution in [0, 0.1) is 0 Å². The molecule has 0 saturated carbocycles. The lowest BCUT2D eigenvalue weighted by molar-refractivity contribution is 0.322. The van der Waals surface area contributed by atoms with E-state index in [0.29, 0.717) is 23.9 Å². The van der Waals surface area contributed by atoms with Crippen LogP contribution in [0.4, 0.5) is 11.5 Å². The highest BCUT2D eigenvalue weighted by Crippen LogP contribution is 2.35. The highest BCUT2D eigenvalue weighted by molar-refractivity contribution is 5.93. The standard InChI is InChI=1S/C21H20N4O2/c1-26-19-10-17-18(11-20(19)27-13-15-6-3-2-4-7-15)23-14-24-21(17)25-16-8-5-9-22-12-16/h3,5-12,14H,2,4,13H2,1H3,(H,23,24,25). The van der Waals surface area contributed by atoms with Crippen LogP contribution in [-0.4, -0.2) is 28.7 Å². The zero-order valence-electron chi connectivity index (χ0n) is 15.1. The van der Waals surface area contributed by atoms with Gasteiger partial charge in [0.1, 0.15) is 18.8 Å². The average molecular weight is 360 g/mol. The van der Waals surface area contributed by atoms with Gasteiger partial charge in [-0.2, -0.15) is 0 Å². The van der Waals surface area contributed by atoms with Gasteiger partial charge in [-0.05, 0) is 36.6 Å². The van der Waals surface area contributed by atoms with Crippen LogP contribution in [0.25, 0.3) is 10.9 Å². The van der Waals surface area contributed by atoms with Crippen molar-refractivity contribution in [1.82, 2.24) is 15.0 Å². The fraction of sp³-hybridized carbons (Fsp3) is 0.190. The van der Waals surface area contributed by atoms with Crippen molar-refractivity contribution in [2.75, 3.05) is 19.0 Å². The highest BCUT2D eigenvalue weighted by atomic mass is 16.5. The predicted octanol–water partition coefficient (Wildman–Crippen LogP) is 4.43. The average Bonchev–Trinajstić information content (AvgIpc) is 2.73. The molecule has 0 fully saturated rings. The Hall–Kier alpha value is -3.41. The molecule has 0 radical (unpaired) electrons. The van der Waals surface area contributed by atoms with Gasteiger partial charge in [0, 0.05) is 17.6 Å². The number of benzene rings is 1. The van der Waals surface area contributed by atoms with E-state index in [0.717, 1.165) is 29.4 Å². The quantitative estimate of drug-likeness (QED) is 0.701. The molecule has 0 saturated heterocycles. The van der Waals surface area contributed by atoms with Crippen molar-refractivity contribution >= 4 is 22.4 Å². The van der Waals surface area contributed by atoms with Crippen LogP contribution in [-0.2, 0) is 0 Å². The first-order valence-corrected chi connectivity index (χ1v) is 8.81. The van der Waals surface area contributed by atoms with Crippen molar-refractivity contribution in [3.05, 3.63) is 66.8 Å². The molecule has 6 nitrogen and oxygen atoms in total. The molecule has 6 heteroatoms. The fourth-order valence-corrected chi connectivity index (χ4v) is 2.95. The number of anilines is 2. The van der Waals surface area contributed by atoms with Gasteiger partial charge in [0.15, 0.2) is 11.5 Å². The lowest BCUT2D eigenvalue weighted by Crippen LogP contribution is -2.03. The van der Waals surface area contributed by atoms with E-state index in [9.17, 15) is 0 Å². The van der Waals surface area contributed by atoms with E-state index in [-0.39, 0.29) is 0 Å². The highest BCUT2D eigenvalue weighted by Gasteiger charge is 2.12.